The summed E-state index contributed by atoms with van der Waals surface area (Å²) < 4.78 is 2.03. The second kappa shape index (κ2) is 6.84. The van der Waals surface area contributed by atoms with Gasteiger partial charge in [0.25, 0.3) is 0 Å². The molecule has 0 aromatic carbocycles. The van der Waals surface area contributed by atoms with Gasteiger partial charge in [-0.25, -0.2) is 0 Å². The minimum atomic E-state index is 0.221. The molecule has 1 rings (SSSR count). The molecular formula is C13H18N2O. The van der Waals surface area contributed by atoms with Gasteiger partial charge in [-0.1, -0.05) is 6.92 Å². The van der Waals surface area contributed by atoms with E-state index >= 15 is 0 Å². The van der Waals surface area contributed by atoms with Gasteiger partial charge < -0.3 is 4.57 Å². The minimum absolute atomic E-state index is 0.221. The van der Waals surface area contributed by atoms with Crippen LogP contribution in [0.15, 0.2) is 18.5 Å². The zero-order valence-corrected chi connectivity index (χ0v) is 9.78. The van der Waals surface area contributed by atoms with Crippen LogP contribution in [-0.4, -0.2) is 10.4 Å². The molecule has 0 atom stereocenters. The summed E-state index contributed by atoms with van der Waals surface area (Å²) in [4.78, 5) is 11.6. The zero-order valence-electron chi connectivity index (χ0n) is 9.78. The highest BCUT2D eigenvalue weighted by molar-refractivity contribution is 5.95. The summed E-state index contributed by atoms with van der Waals surface area (Å²) in [5.74, 6) is 0.221. The molecule has 1 heterocycles. The van der Waals surface area contributed by atoms with E-state index in [-0.39, 0.29) is 5.78 Å². The maximum Gasteiger partial charge on any atom is 0.164 e. The molecule has 3 nitrogen and oxygen atoms in total. The molecule has 0 bridgehead atoms. The van der Waals surface area contributed by atoms with Crippen LogP contribution in [0.3, 0.4) is 0 Å². The Labute approximate surface area is 96.7 Å². The van der Waals surface area contributed by atoms with Crippen LogP contribution in [0.4, 0.5) is 0 Å². The van der Waals surface area contributed by atoms with E-state index < -0.39 is 0 Å². The van der Waals surface area contributed by atoms with E-state index in [4.69, 9.17) is 5.26 Å². The number of hydrogen-bond acceptors (Lipinski definition) is 2. The maximum absolute atomic E-state index is 11.6. The largest absolute Gasteiger partial charge is 0.354 e. The van der Waals surface area contributed by atoms with Gasteiger partial charge in [-0.3, -0.25) is 4.79 Å². The van der Waals surface area contributed by atoms with Crippen molar-refractivity contribution in [3.63, 3.8) is 0 Å². The average molecular weight is 218 g/mol. The van der Waals surface area contributed by atoms with Crippen molar-refractivity contribution in [1.29, 1.82) is 5.26 Å². The maximum atomic E-state index is 11.6. The molecule has 0 saturated carbocycles. The molecule has 16 heavy (non-hydrogen) atoms. The number of rotatable bonds is 7. The van der Waals surface area contributed by atoms with Gasteiger partial charge in [-0.05, 0) is 25.3 Å². The quantitative estimate of drug-likeness (QED) is 0.521. The number of carbonyl (C=O) groups is 1. The van der Waals surface area contributed by atoms with Crippen LogP contribution in [-0.2, 0) is 6.54 Å². The minimum Gasteiger partial charge on any atom is -0.354 e. The van der Waals surface area contributed by atoms with Crippen molar-refractivity contribution in [1.82, 2.24) is 4.57 Å². The van der Waals surface area contributed by atoms with E-state index in [1.54, 1.807) is 0 Å². The first-order valence-electron chi connectivity index (χ1n) is 5.84. The number of hydrogen-bond donors (Lipinski definition) is 0. The first kappa shape index (κ1) is 12.5. The summed E-state index contributed by atoms with van der Waals surface area (Å²) >= 11 is 0. The Hall–Kier alpha value is -1.56. The summed E-state index contributed by atoms with van der Waals surface area (Å²) in [6.45, 7) is 2.90. The molecule has 0 radical (unpaired) electrons. The first-order valence-corrected chi connectivity index (χ1v) is 5.84. The van der Waals surface area contributed by atoms with E-state index in [0.29, 0.717) is 12.8 Å². The topological polar surface area (TPSA) is 45.8 Å². The Morgan fingerprint density at radius 1 is 1.50 bits per heavy atom. The zero-order chi connectivity index (χ0) is 11.8. The fourth-order valence-electron chi connectivity index (χ4n) is 1.61. The molecule has 0 aliphatic heterocycles. The average Bonchev–Trinajstić information content (AvgIpc) is 2.73. The van der Waals surface area contributed by atoms with Crippen molar-refractivity contribution in [3.05, 3.63) is 24.0 Å². The summed E-state index contributed by atoms with van der Waals surface area (Å²) in [5, 5.41) is 8.40. The summed E-state index contributed by atoms with van der Waals surface area (Å²) in [5.41, 5.74) is 0.808. The van der Waals surface area contributed by atoms with Crippen molar-refractivity contribution in [3.8, 4) is 6.07 Å². The van der Waals surface area contributed by atoms with Crippen molar-refractivity contribution >= 4 is 5.78 Å². The van der Waals surface area contributed by atoms with Gasteiger partial charge in [-0.15, -0.1) is 0 Å². The number of aromatic nitrogens is 1. The van der Waals surface area contributed by atoms with Crippen LogP contribution in [0.2, 0.25) is 0 Å². The molecule has 0 amide bonds. The highest BCUT2D eigenvalue weighted by Crippen LogP contribution is 2.08. The van der Waals surface area contributed by atoms with E-state index in [0.717, 1.165) is 31.4 Å². The Morgan fingerprint density at radius 2 is 2.31 bits per heavy atom. The Kier molecular flexibility index (Phi) is 5.35. The van der Waals surface area contributed by atoms with Crippen molar-refractivity contribution < 1.29 is 4.79 Å². The third kappa shape index (κ3) is 3.90. The second-order valence-electron chi connectivity index (χ2n) is 3.93. The van der Waals surface area contributed by atoms with Gasteiger partial charge in [0.2, 0.25) is 0 Å². The van der Waals surface area contributed by atoms with Crippen molar-refractivity contribution in [2.45, 2.75) is 45.6 Å². The summed E-state index contributed by atoms with van der Waals surface area (Å²) in [6, 6.07) is 4.01. The Bertz CT molecular complexity index is 374. The molecule has 0 unspecified atom stereocenters. The van der Waals surface area contributed by atoms with Crippen molar-refractivity contribution in [2.24, 2.45) is 0 Å². The van der Waals surface area contributed by atoms with Crippen LogP contribution in [0.5, 0.6) is 0 Å². The molecule has 0 aliphatic rings. The predicted molar refractivity (Wildman–Crippen MR) is 63.1 cm³/mol. The molecule has 0 saturated heterocycles. The fraction of sp³-hybridized carbons (Fsp3) is 0.538. The second-order valence-corrected chi connectivity index (χ2v) is 3.93. The normalized spacial score (nSPS) is 10.0. The van der Waals surface area contributed by atoms with Gasteiger partial charge in [0.05, 0.1) is 6.07 Å². The molecule has 0 fully saturated rings. The van der Waals surface area contributed by atoms with Gasteiger partial charge >= 0.3 is 0 Å². The van der Waals surface area contributed by atoms with E-state index in [2.05, 4.69) is 6.07 Å². The molecule has 1 aromatic heterocycles. The van der Waals surface area contributed by atoms with Crippen molar-refractivity contribution in [2.75, 3.05) is 0 Å². The SMILES string of the molecule is CCCC(=O)c1ccn(CCCCC#N)c1. The smallest absolute Gasteiger partial charge is 0.164 e. The number of unbranched alkanes of at least 4 members (excludes halogenated alkanes) is 2. The number of Topliss-reactive ketones (excluding diaryl/α,β-unsaturated/α-hetero) is 1. The summed E-state index contributed by atoms with van der Waals surface area (Å²) in [7, 11) is 0. The molecule has 0 N–H and O–H groups in total. The lowest BCUT2D eigenvalue weighted by molar-refractivity contribution is 0.0981. The number of nitriles is 1. The third-order valence-corrected chi connectivity index (χ3v) is 2.50. The molecule has 86 valence electrons. The van der Waals surface area contributed by atoms with E-state index in [1.807, 2.05) is 30.0 Å². The Balaban J connectivity index is 2.39. The van der Waals surface area contributed by atoms with Gasteiger partial charge in [-0.2, -0.15) is 5.26 Å². The van der Waals surface area contributed by atoms with Gasteiger partial charge in [0.1, 0.15) is 0 Å². The summed E-state index contributed by atoms with van der Waals surface area (Å²) in [6.07, 6.45) is 7.89. The molecule has 3 heteroatoms. The standard InChI is InChI=1S/C13H18N2O/c1-2-6-13(16)12-7-10-15(11-12)9-5-3-4-8-14/h7,10-11H,2-6,9H2,1H3. The molecule has 0 aliphatic carbocycles. The monoisotopic (exact) mass is 218 g/mol. The number of carbonyl (C=O) groups excluding carboxylic acids is 1. The third-order valence-electron chi connectivity index (χ3n) is 2.50. The first-order chi connectivity index (χ1) is 7.77. The molecular weight excluding hydrogens is 200 g/mol. The lowest BCUT2D eigenvalue weighted by Crippen LogP contribution is -1.98. The lowest BCUT2D eigenvalue weighted by atomic mass is 10.1. The van der Waals surface area contributed by atoms with Crippen LogP contribution >= 0.6 is 0 Å². The van der Waals surface area contributed by atoms with E-state index in [1.165, 1.54) is 0 Å². The van der Waals surface area contributed by atoms with Gasteiger partial charge in [0.15, 0.2) is 5.78 Å². The Morgan fingerprint density at radius 3 is 3.00 bits per heavy atom. The van der Waals surface area contributed by atoms with Gasteiger partial charge in [0, 0.05) is 37.3 Å². The van der Waals surface area contributed by atoms with E-state index in [9.17, 15) is 4.79 Å². The predicted octanol–water partition coefficient (Wildman–Crippen LogP) is 3.16. The van der Waals surface area contributed by atoms with Crippen LogP contribution in [0.1, 0.15) is 49.4 Å². The highest BCUT2D eigenvalue weighted by Gasteiger charge is 2.05. The number of nitrogens with zero attached hydrogens (tertiary/aromatic N) is 2. The van der Waals surface area contributed by atoms with Crippen LogP contribution < -0.4 is 0 Å². The van der Waals surface area contributed by atoms with Crippen LogP contribution in [0, 0.1) is 11.3 Å². The molecule has 1 aromatic rings. The lowest BCUT2D eigenvalue weighted by Gasteiger charge is -2.00. The number of aryl methyl sites for hydroxylation is 1. The number of ketones is 1. The van der Waals surface area contributed by atoms with Crippen LogP contribution in [0.25, 0.3) is 0 Å². The fourth-order valence-corrected chi connectivity index (χ4v) is 1.61. The molecule has 0 spiro atoms. The highest BCUT2D eigenvalue weighted by atomic mass is 16.1.